The molecule has 0 amide bonds. The number of benzene rings is 1. The summed E-state index contributed by atoms with van der Waals surface area (Å²) in [5.41, 5.74) is 0.686. The Labute approximate surface area is 133 Å². The molecule has 0 spiro atoms. The van der Waals surface area contributed by atoms with Gasteiger partial charge in [0.25, 0.3) is 0 Å². The Balaban J connectivity index is 2.36. The van der Waals surface area contributed by atoms with Crippen LogP contribution in [0.4, 0.5) is 4.39 Å². The second-order valence-corrected chi connectivity index (χ2v) is 7.61. The quantitative estimate of drug-likeness (QED) is 0.690. The number of halogens is 3. The molecule has 0 fully saturated rings. The van der Waals surface area contributed by atoms with Crippen LogP contribution < -0.4 is 5.32 Å². The van der Waals surface area contributed by atoms with Crippen LogP contribution in [-0.4, -0.2) is 6.54 Å². The first-order chi connectivity index (χ1) is 9.11. The van der Waals surface area contributed by atoms with Crippen molar-refractivity contribution in [3.8, 4) is 0 Å². The number of thiophene rings is 1. The molecular formula is C14H14Br2FNS. The van der Waals surface area contributed by atoms with Gasteiger partial charge >= 0.3 is 0 Å². The summed E-state index contributed by atoms with van der Waals surface area (Å²) in [6, 6.07) is 9.16. The average molecular weight is 407 g/mol. The van der Waals surface area contributed by atoms with Crippen molar-refractivity contribution in [2.45, 2.75) is 19.4 Å². The molecule has 1 nitrogen and oxygen atoms in total. The van der Waals surface area contributed by atoms with Gasteiger partial charge in [0.05, 0.1) is 9.83 Å². The zero-order valence-corrected chi connectivity index (χ0v) is 14.4. The van der Waals surface area contributed by atoms with E-state index >= 15 is 0 Å². The fourth-order valence-electron chi connectivity index (χ4n) is 1.87. The van der Waals surface area contributed by atoms with E-state index in [1.807, 2.05) is 24.3 Å². The van der Waals surface area contributed by atoms with E-state index in [1.54, 1.807) is 11.3 Å². The monoisotopic (exact) mass is 405 g/mol. The van der Waals surface area contributed by atoms with Crippen molar-refractivity contribution in [3.05, 3.63) is 54.8 Å². The maximum Gasteiger partial charge on any atom is 0.129 e. The third-order valence-electron chi connectivity index (χ3n) is 2.75. The highest BCUT2D eigenvalue weighted by molar-refractivity contribution is 9.11. The van der Waals surface area contributed by atoms with E-state index < -0.39 is 0 Å². The summed E-state index contributed by atoms with van der Waals surface area (Å²) in [4.78, 5) is 1.11. The number of rotatable bonds is 5. The minimum Gasteiger partial charge on any atom is -0.306 e. The lowest BCUT2D eigenvalue weighted by atomic mass is 10.0. The van der Waals surface area contributed by atoms with Gasteiger partial charge in [-0.1, -0.05) is 28.9 Å². The molecular weight excluding hydrogens is 393 g/mol. The molecule has 19 heavy (non-hydrogen) atoms. The number of hydrogen-bond donors (Lipinski definition) is 1. The lowest BCUT2D eigenvalue weighted by molar-refractivity contribution is 0.550. The molecule has 1 heterocycles. The molecule has 2 aromatic rings. The first-order valence-electron chi connectivity index (χ1n) is 6.05. The topological polar surface area (TPSA) is 12.0 Å². The van der Waals surface area contributed by atoms with Crippen molar-refractivity contribution in [1.29, 1.82) is 0 Å². The van der Waals surface area contributed by atoms with Gasteiger partial charge in [0, 0.05) is 14.9 Å². The smallest absolute Gasteiger partial charge is 0.129 e. The van der Waals surface area contributed by atoms with Gasteiger partial charge in [-0.15, -0.1) is 11.3 Å². The van der Waals surface area contributed by atoms with Gasteiger partial charge in [-0.25, -0.2) is 4.39 Å². The third-order valence-corrected chi connectivity index (χ3v) is 4.93. The third kappa shape index (κ3) is 3.88. The van der Waals surface area contributed by atoms with E-state index in [0.29, 0.717) is 5.56 Å². The normalized spacial score (nSPS) is 12.6. The predicted octanol–water partition coefficient (Wildman–Crippen LogP) is 5.50. The van der Waals surface area contributed by atoms with Crippen LogP contribution in [0.2, 0.25) is 0 Å². The highest BCUT2D eigenvalue weighted by atomic mass is 79.9. The summed E-state index contributed by atoms with van der Waals surface area (Å²) in [5, 5.41) is 3.41. The average Bonchev–Trinajstić information content (AvgIpc) is 2.78. The van der Waals surface area contributed by atoms with E-state index in [0.717, 1.165) is 26.1 Å². The second-order valence-electron chi connectivity index (χ2n) is 4.19. The van der Waals surface area contributed by atoms with Crippen LogP contribution in [0.3, 0.4) is 0 Å². The van der Waals surface area contributed by atoms with E-state index in [1.165, 1.54) is 6.07 Å². The summed E-state index contributed by atoms with van der Waals surface area (Å²) in [6.45, 7) is 2.96. The Hall–Kier alpha value is -0.230. The van der Waals surface area contributed by atoms with Crippen molar-refractivity contribution < 1.29 is 4.39 Å². The first kappa shape index (κ1) is 15.2. The molecule has 0 aliphatic heterocycles. The molecule has 1 N–H and O–H groups in total. The summed E-state index contributed by atoms with van der Waals surface area (Å²) in [6.07, 6.45) is 1.02. The van der Waals surface area contributed by atoms with E-state index in [4.69, 9.17) is 0 Å². The van der Waals surface area contributed by atoms with Gasteiger partial charge in [-0.05, 0) is 53.2 Å². The van der Waals surface area contributed by atoms with Crippen LogP contribution >= 0.6 is 43.2 Å². The molecule has 0 radical (unpaired) electrons. The molecule has 102 valence electrons. The molecule has 0 aliphatic rings. The van der Waals surface area contributed by atoms with Gasteiger partial charge in [-0.2, -0.15) is 0 Å². The summed E-state index contributed by atoms with van der Waals surface area (Å²) in [7, 11) is 0. The van der Waals surface area contributed by atoms with Gasteiger partial charge in [-0.3, -0.25) is 0 Å². The van der Waals surface area contributed by atoms with Crippen LogP contribution in [0.5, 0.6) is 0 Å². The Morgan fingerprint density at radius 1 is 1.26 bits per heavy atom. The molecule has 1 aromatic carbocycles. The standard InChI is InChI=1S/C14H14Br2FNS/c1-2-7-18-14(12-5-6-13(16)19-12)10-4-3-9(15)8-11(10)17/h3-6,8,14,18H,2,7H2,1H3. The highest BCUT2D eigenvalue weighted by Crippen LogP contribution is 2.33. The van der Waals surface area contributed by atoms with Crippen molar-refractivity contribution in [2.75, 3.05) is 6.54 Å². The molecule has 2 rings (SSSR count). The fraction of sp³-hybridized carbons (Fsp3) is 0.286. The Morgan fingerprint density at radius 2 is 2.05 bits per heavy atom. The van der Waals surface area contributed by atoms with E-state index in [-0.39, 0.29) is 11.9 Å². The lowest BCUT2D eigenvalue weighted by Gasteiger charge is -2.18. The molecule has 5 heteroatoms. The minimum absolute atomic E-state index is 0.0932. The lowest BCUT2D eigenvalue weighted by Crippen LogP contribution is -2.23. The van der Waals surface area contributed by atoms with Crippen LogP contribution in [0.1, 0.15) is 29.8 Å². The summed E-state index contributed by atoms with van der Waals surface area (Å²) < 4.78 is 16.0. The Morgan fingerprint density at radius 3 is 2.63 bits per heavy atom. The zero-order valence-electron chi connectivity index (χ0n) is 10.4. The van der Waals surface area contributed by atoms with Crippen molar-refractivity contribution in [3.63, 3.8) is 0 Å². The molecule has 1 unspecified atom stereocenters. The minimum atomic E-state index is -0.187. The Kier molecular flexibility index (Phi) is 5.57. The number of hydrogen-bond acceptors (Lipinski definition) is 2. The number of nitrogens with one attached hydrogen (secondary N) is 1. The molecule has 0 aliphatic carbocycles. The molecule has 1 atom stereocenters. The summed E-state index contributed by atoms with van der Waals surface area (Å²) >= 11 is 8.38. The summed E-state index contributed by atoms with van der Waals surface area (Å²) in [5.74, 6) is -0.187. The molecule has 0 saturated heterocycles. The largest absolute Gasteiger partial charge is 0.306 e. The molecule has 0 bridgehead atoms. The highest BCUT2D eigenvalue weighted by Gasteiger charge is 2.19. The van der Waals surface area contributed by atoms with Gasteiger partial charge in [0.15, 0.2) is 0 Å². The van der Waals surface area contributed by atoms with Gasteiger partial charge < -0.3 is 5.32 Å². The van der Waals surface area contributed by atoms with Crippen molar-refractivity contribution >= 4 is 43.2 Å². The van der Waals surface area contributed by atoms with Crippen LogP contribution in [0, 0.1) is 5.82 Å². The second kappa shape index (κ2) is 6.97. The first-order valence-corrected chi connectivity index (χ1v) is 8.45. The van der Waals surface area contributed by atoms with E-state index in [2.05, 4.69) is 44.1 Å². The van der Waals surface area contributed by atoms with E-state index in [9.17, 15) is 4.39 Å². The van der Waals surface area contributed by atoms with Crippen LogP contribution in [0.25, 0.3) is 0 Å². The molecule has 1 aromatic heterocycles. The van der Waals surface area contributed by atoms with Crippen LogP contribution in [-0.2, 0) is 0 Å². The maximum absolute atomic E-state index is 14.1. The van der Waals surface area contributed by atoms with Gasteiger partial charge in [0.1, 0.15) is 5.82 Å². The Bertz CT molecular complexity index is 556. The van der Waals surface area contributed by atoms with Crippen molar-refractivity contribution in [1.82, 2.24) is 5.32 Å². The predicted molar refractivity (Wildman–Crippen MR) is 86.3 cm³/mol. The van der Waals surface area contributed by atoms with Crippen LogP contribution in [0.15, 0.2) is 38.6 Å². The maximum atomic E-state index is 14.1. The SMILES string of the molecule is CCCNC(c1ccc(Br)s1)c1ccc(Br)cc1F. The molecule has 0 saturated carbocycles. The fourth-order valence-corrected chi connectivity index (χ4v) is 3.72. The van der Waals surface area contributed by atoms with Crippen molar-refractivity contribution in [2.24, 2.45) is 0 Å². The van der Waals surface area contributed by atoms with Gasteiger partial charge in [0.2, 0.25) is 0 Å². The zero-order chi connectivity index (χ0) is 13.8.